The number of carbonyl (C=O) groups is 1. The number of phenols is 1. The average molecular weight is 530 g/mol. The number of halogens is 2. The molecule has 29 heavy (non-hydrogen) atoms. The van der Waals surface area contributed by atoms with E-state index in [1.165, 1.54) is 0 Å². The van der Waals surface area contributed by atoms with E-state index in [-0.39, 0.29) is 24.3 Å². The van der Waals surface area contributed by atoms with Crippen molar-refractivity contribution in [1.29, 1.82) is 0 Å². The van der Waals surface area contributed by atoms with Crippen molar-refractivity contribution in [3.05, 3.63) is 56.5 Å². The second-order valence-corrected chi connectivity index (χ2v) is 8.33. The van der Waals surface area contributed by atoms with Gasteiger partial charge in [0.15, 0.2) is 0 Å². The minimum atomic E-state index is -0.663. The third kappa shape index (κ3) is 7.29. The van der Waals surface area contributed by atoms with Gasteiger partial charge in [0.05, 0.1) is 18.4 Å². The van der Waals surface area contributed by atoms with Crippen molar-refractivity contribution in [2.24, 2.45) is 0 Å². The molecule has 0 aliphatic heterocycles. The molecule has 4 N–H and O–H groups in total. The van der Waals surface area contributed by atoms with E-state index >= 15 is 0 Å². The summed E-state index contributed by atoms with van der Waals surface area (Å²) >= 11 is 7.08. The Morgan fingerprint density at radius 2 is 1.79 bits per heavy atom. The molecule has 0 aliphatic rings. The maximum atomic E-state index is 11.5. The Bertz CT molecular complexity index is 792. The summed E-state index contributed by atoms with van der Waals surface area (Å²) in [6.45, 7) is 4.83. The van der Waals surface area contributed by atoms with Crippen LogP contribution in [0.15, 0.2) is 45.3 Å². The lowest BCUT2D eigenvalue weighted by Crippen LogP contribution is -2.33. The normalized spacial score (nSPS) is 13.0. The molecule has 0 bridgehead atoms. The third-order valence-corrected chi connectivity index (χ3v) is 5.66. The van der Waals surface area contributed by atoms with E-state index in [2.05, 4.69) is 42.5 Å². The van der Waals surface area contributed by atoms with Crippen molar-refractivity contribution in [3.8, 4) is 5.75 Å². The first kappa shape index (κ1) is 23.7. The Morgan fingerprint density at radius 1 is 1.17 bits per heavy atom. The lowest BCUT2D eigenvalue weighted by Gasteiger charge is -2.21. The number of phenolic OH excluding ortho intramolecular Hbond substituents is 1. The number of ether oxygens (including phenoxy) is 1. The summed E-state index contributed by atoms with van der Waals surface area (Å²) in [5.41, 5.74) is 2.65. The highest BCUT2D eigenvalue weighted by Gasteiger charge is 2.16. The highest BCUT2D eigenvalue weighted by Crippen LogP contribution is 2.32. The fourth-order valence-electron chi connectivity index (χ4n) is 2.83. The first-order chi connectivity index (χ1) is 13.8. The number of rotatable bonds is 10. The number of anilines is 1. The number of carbonyl (C=O) groups excluding carboxylic acids is 1. The van der Waals surface area contributed by atoms with Crippen molar-refractivity contribution in [1.82, 2.24) is 5.32 Å². The summed E-state index contributed by atoms with van der Waals surface area (Å²) in [6.07, 6.45) is 0.102. The standard InChI is InChI=1S/C21H26Br2N2O4/c1-3-29-19(27)12-25-20-17(22)10-14(11-18(20)23)8-9-24-13(2)21(28)15-4-6-16(26)7-5-15/h4-7,10-11,13,21,24-26,28H,3,8-9,12H2,1-2H3/t13-,21+/m0/s1. The predicted octanol–water partition coefficient (Wildman–Crippen LogP) is 4.15. The maximum Gasteiger partial charge on any atom is 0.325 e. The van der Waals surface area contributed by atoms with Gasteiger partial charge in [-0.3, -0.25) is 4.79 Å². The van der Waals surface area contributed by atoms with E-state index in [1.54, 1.807) is 31.2 Å². The first-order valence-electron chi connectivity index (χ1n) is 9.39. The molecule has 0 heterocycles. The molecule has 0 saturated heterocycles. The molecule has 0 spiro atoms. The molecule has 2 aromatic carbocycles. The highest BCUT2D eigenvalue weighted by atomic mass is 79.9. The van der Waals surface area contributed by atoms with Crippen LogP contribution in [-0.4, -0.2) is 41.9 Å². The Balaban J connectivity index is 1.88. The first-order valence-corrected chi connectivity index (χ1v) is 11.0. The maximum absolute atomic E-state index is 11.5. The summed E-state index contributed by atoms with van der Waals surface area (Å²) in [7, 11) is 0. The highest BCUT2D eigenvalue weighted by molar-refractivity contribution is 9.11. The molecular weight excluding hydrogens is 504 g/mol. The molecule has 0 fully saturated rings. The molecule has 0 unspecified atom stereocenters. The number of benzene rings is 2. The second kappa shape index (κ2) is 11.5. The van der Waals surface area contributed by atoms with Crippen LogP contribution in [-0.2, 0) is 16.0 Å². The van der Waals surface area contributed by atoms with Crippen LogP contribution in [0.2, 0.25) is 0 Å². The summed E-state index contributed by atoms with van der Waals surface area (Å²) in [6, 6.07) is 10.4. The molecule has 0 amide bonds. The molecular formula is C21H26Br2N2O4. The van der Waals surface area contributed by atoms with Crippen LogP contribution in [0.25, 0.3) is 0 Å². The van der Waals surface area contributed by atoms with Crippen molar-refractivity contribution >= 4 is 43.5 Å². The Labute approximate surface area is 187 Å². The lowest BCUT2D eigenvalue weighted by molar-refractivity contribution is -0.140. The topological polar surface area (TPSA) is 90.8 Å². The van der Waals surface area contributed by atoms with Crippen molar-refractivity contribution in [2.45, 2.75) is 32.4 Å². The van der Waals surface area contributed by atoms with Gasteiger partial charge >= 0.3 is 5.97 Å². The van der Waals surface area contributed by atoms with E-state index in [0.29, 0.717) is 13.2 Å². The fourth-order valence-corrected chi connectivity index (χ4v) is 4.39. The van der Waals surface area contributed by atoms with Crippen molar-refractivity contribution < 1.29 is 19.7 Å². The summed E-state index contributed by atoms with van der Waals surface area (Å²) in [5, 5.41) is 26.2. The minimum absolute atomic E-state index is 0.0958. The molecule has 6 nitrogen and oxygen atoms in total. The number of aromatic hydroxyl groups is 1. The monoisotopic (exact) mass is 528 g/mol. The lowest BCUT2D eigenvalue weighted by atomic mass is 10.0. The molecule has 0 aromatic heterocycles. The van der Waals surface area contributed by atoms with Gasteiger partial charge in [0.1, 0.15) is 12.3 Å². The number of aliphatic hydroxyl groups excluding tert-OH is 1. The minimum Gasteiger partial charge on any atom is -0.508 e. The van der Waals surface area contributed by atoms with Crippen LogP contribution in [0.4, 0.5) is 5.69 Å². The Morgan fingerprint density at radius 3 is 2.38 bits per heavy atom. The number of hydrogen-bond acceptors (Lipinski definition) is 6. The van der Waals surface area contributed by atoms with Gasteiger partial charge < -0.3 is 25.6 Å². The number of hydrogen-bond donors (Lipinski definition) is 4. The molecule has 2 aromatic rings. The number of esters is 1. The Kier molecular flexibility index (Phi) is 9.42. The molecule has 0 saturated carbocycles. The van der Waals surface area contributed by atoms with Crippen LogP contribution in [0.5, 0.6) is 5.75 Å². The van der Waals surface area contributed by atoms with Crippen molar-refractivity contribution in [2.75, 3.05) is 25.0 Å². The average Bonchev–Trinajstić information content (AvgIpc) is 2.67. The predicted molar refractivity (Wildman–Crippen MR) is 121 cm³/mol. The quantitative estimate of drug-likeness (QED) is 0.346. The van der Waals surface area contributed by atoms with Gasteiger partial charge in [0.25, 0.3) is 0 Å². The van der Waals surface area contributed by atoms with Gasteiger partial charge in [-0.1, -0.05) is 12.1 Å². The van der Waals surface area contributed by atoms with E-state index in [1.807, 2.05) is 19.1 Å². The van der Waals surface area contributed by atoms with E-state index in [0.717, 1.165) is 32.2 Å². The molecule has 8 heteroatoms. The zero-order chi connectivity index (χ0) is 21.4. The molecule has 158 valence electrons. The van der Waals surface area contributed by atoms with Gasteiger partial charge in [0, 0.05) is 15.0 Å². The van der Waals surface area contributed by atoms with Crippen LogP contribution in [0, 0.1) is 0 Å². The Hall–Kier alpha value is -1.61. The van der Waals surface area contributed by atoms with E-state index in [9.17, 15) is 15.0 Å². The smallest absolute Gasteiger partial charge is 0.325 e. The number of nitrogens with one attached hydrogen (secondary N) is 2. The second-order valence-electron chi connectivity index (χ2n) is 6.62. The SMILES string of the molecule is CCOC(=O)CNc1c(Br)cc(CCN[C@@H](C)[C@@H](O)c2ccc(O)cc2)cc1Br. The summed E-state index contributed by atoms with van der Waals surface area (Å²) < 4.78 is 6.63. The third-order valence-electron chi connectivity index (χ3n) is 4.40. The van der Waals surface area contributed by atoms with Gasteiger partial charge in [-0.2, -0.15) is 0 Å². The number of aliphatic hydroxyl groups is 1. The van der Waals surface area contributed by atoms with Gasteiger partial charge in [-0.05, 0) is 94.1 Å². The zero-order valence-electron chi connectivity index (χ0n) is 16.4. The van der Waals surface area contributed by atoms with Gasteiger partial charge in [-0.25, -0.2) is 0 Å². The van der Waals surface area contributed by atoms with Crippen LogP contribution in [0.1, 0.15) is 31.1 Å². The summed E-state index contributed by atoms with van der Waals surface area (Å²) in [5.74, 6) is -0.126. The zero-order valence-corrected chi connectivity index (χ0v) is 19.6. The van der Waals surface area contributed by atoms with Crippen LogP contribution < -0.4 is 10.6 Å². The van der Waals surface area contributed by atoms with Crippen LogP contribution in [0.3, 0.4) is 0 Å². The van der Waals surface area contributed by atoms with Crippen LogP contribution >= 0.6 is 31.9 Å². The summed E-state index contributed by atoms with van der Waals surface area (Å²) in [4.78, 5) is 11.5. The molecule has 2 rings (SSSR count). The molecule has 0 aliphatic carbocycles. The molecule has 0 radical (unpaired) electrons. The largest absolute Gasteiger partial charge is 0.508 e. The van der Waals surface area contributed by atoms with Crippen molar-refractivity contribution in [3.63, 3.8) is 0 Å². The van der Waals surface area contributed by atoms with E-state index in [4.69, 9.17) is 4.74 Å². The van der Waals surface area contributed by atoms with E-state index < -0.39 is 6.10 Å². The van der Waals surface area contributed by atoms with Gasteiger partial charge in [-0.15, -0.1) is 0 Å². The fraction of sp³-hybridized carbons (Fsp3) is 0.381. The molecule has 2 atom stereocenters. The van der Waals surface area contributed by atoms with Gasteiger partial charge in [0.2, 0.25) is 0 Å².